The second-order valence-corrected chi connectivity index (χ2v) is 4.39. The van der Waals surface area contributed by atoms with Crippen LogP contribution in [0.3, 0.4) is 0 Å². The van der Waals surface area contributed by atoms with Crippen LogP contribution in [-0.2, 0) is 11.3 Å². The Morgan fingerprint density at radius 2 is 2.20 bits per heavy atom. The molecule has 0 saturated heterocycles. The molecular formula is C15H21NO4. The molecule has 0 atom stereocenters. The van der Waals surface area contributed by atoms with Crippen LogP contribution in [0.5, 0.6) is 17.2 Å². The van der Waals surface area contributed by atoms with Crippen molar-refractivity contribution in [3.8, 4) is 17.2 Å². The van der Waals surface area contributed by atoms with Crippen LogP contribution in [0.2, 0.25) is 0 Å². The van der Waals surface area contributed by atoms with Crippen molar-refractivity contribution in [1.29, 1.82) is 0 Å². The third kappa shape index (κ3) is 3.81. The lowest BCUT2D eigenvalue weighted by molar-refractivity contribution is 0.165. The van der Waals surface area contributed by atoms with Crippen LogP contribution in [0, 0.1) is 0 Å². The van der Waals surface area contributed by atoms with Gasteiger partial charge in [0.1, 0.15) is 13.2 Å². The molecular weight excluding hydrogens is 258 g/mol. The van der Waals surface area contributed by atoms with Gasteiger partial charge >= 0.3 is 0 Å². The second-order valence-electron chi connectivity index (χ2n) is 4.39. The molecule has 1 aliphatic rings. The van der Waals surface area contributed by atoms with E-state index in [0.29, 0.717) is 31.3 Å². The van der Waals surface area contributed by atoms with Crippen LogP contribution in [0.1, 0.15) is 12.0 Å². The molecule has 0 spiro atoms. The average molecular weight is 279 g/mol. The standard InChI is InChI=1S/C15H21NO4/c1-3-18-6-4-5-16-11-12-9-13(17-2)15-14(10-12)19-7-8-20-15/h3,9-10,16H,1,4-8,11H2,2H3. The molecule has 0 amide bonds. The fourth-order valence-electron chi connectivity index (χ4n) is 2.03. The quantitative estimate of drug-likeness (QED) is 0.583. The van der Waals surface area contributed by atoms with E-state index < -0.39 is 0 Å². The van der Waals surface area contributed by atoms with Crippen molar-refractivity contribution in [3.63, 3.8) is 0 Å². The third-order valence-corrected chi connectivity index (χ3v) is 2.95. The summed E-state index contributed by atoms with van der Waals surface area (Å²) in [5, 5.41) is 3.35. The largest absolute Gasteiger partial charge is 0.502 e. The number of fused-ring (bicyclic) bond motifs is 1. The van der Waals surface area contributed by atoms with Crippen LogP contribution in [0.15, 0.2) is 25.0 Å². The van der Waals surface area contributed by atoms with Gasteiger partial charge in [0.05, 0.1) is 20.0 Å². The van der Waals surface area contributed by atoms with Gasteiger partial charge in [0.25, 0.3) is 0 Å². The molecule has 2 rings (SSSR count). The van der Waals surface area contributed by atoms with Gasteiger partial charge in [-0.05, 0) is 30.7 Å². The predicted octanol–water partition coefficient (Wildman–Crippen LogP) is 2.11. The fraction of sp³-hybridized carbons (Fsp3) is 0.467. The van der Waals surface area contributed by atoms with Gasteiger partial charge in [0.2, 0.25) is 5.75 Å². The van der Waals surface area contributed by atoms with Gasteiger partial charge in [-0.25, -0.2) is 0 Å². The van der Waals surface area contributed by atoms with Crippen molar-refractivity contribution in [2.45, 2.75) is 13.0 Å². The molecule has 1 heterocycles. The Hall–Kier alpha value is -1.88. The van der Waals surface area contributed by atoms with E-state index in [2.05, 4.69) is 11.9 Å². The van der Waals surface area contributed by atoms with Gasteiger partial charge in [-0.3, -0.25) is 0 Å². The van der Waals surface area contributed by atoms with E-state index in [9.17, 15) is 0 Å². The maximum absolute atomic E-state index is 5.60. The molecule has 1 aromatic rings. The monoisotopic (exact) mass is 279 g/mol. The topological polar surface area (TPSA) is 49.0 Å². The molecule has 5 nitrogen and oxygen atoms in total. The number of nitrogens with one attached hydrogen (secondary N) is 1. The van der Waals surface area contributed by atoms with E-state index in [4.69, 9.17) is 18.9 Å². The van der Waals surface area contributed by atoms with E-state index in [1.54, 1.807) is 7.11 Å². The lowest BCUT2D eigenvalue weighted by Gasteiger charge is -2.21. The molecule has 110 valence electrons. The minimum absolute atomic E-state index is 0.560. The molecule has 0 unspecified atom stereocenters. The summed E-state index contributed by atoms with van der Waals surface area (Å²) in [7, 11) is 1.64. The van der Waals surface area contributed by atoms with E-state index >= 15 is 0 Å². The van der Waals surface area contributed by atoms with E-state index in [0.717, 1.165) is 30.8 Å². The highest BCUT2D eigenvalue weighted by molar-refractivity contribution is 5.54. The van der Waals surface area contributed by atoms with Crippen molar-refractivity contribution in [2.24, 2.45) is 0 Å². The maximum Gasteiger partial charge on any atom is 0.203 e. The Bertz CT molecular complexity index is 430. The van der Waals surface area contributed by atoms with Gasteiger partial charge in [-0.2, -0.15) is 0 Å². The molecule has 20 heavy (non-hydrogen) atoms. The zero-order chi connectivity index (χ0) is 14.2. The SMILES string of the molecule is C=COCCCNCc1cc(OC)c2c(c1)OCCO2. The summed E-state index contributed by atoms with van der Waals surface area (Å²) in [5.74, 6) is 2.17. The van der Waals surface area contributed by atoms with Crippen molar-refractivity contribution in [1.82, 2.24) is 5.32 Å². The molecule has 1 aromatic carbocycles. The summed E-state index contributed by atoms with van der Waals surface area (Å²) in [6.45, 7) is 6.95. The van der Waals surface area contributed by atoms with Gasteiger partial charge < -0.3 is 24.3 Å². The highest BCUT2D eigenvalue weighted by atomic mass is 16.6. The maximum atomic E-state index is 5.60. The van der Waals surface area contributed by atoms with Gasteiger partial charge in [-0.1, -0.05) is 6.58 Å². The summed E-state index contributed by atoms with van der Waals surface area (Å²) in [6.07, 6.45) is 2.40. The van der Waals surface area contributed by atoms with Crippen LogP contribution in [-0.4, -0.2) is 33.5 Å². The predicted molar refractivity (Wildman–Crippen MR) is 76.5 cm³/mol. The highest BCUT2D eigenvalue weighted by Crippen LogP contribution is 2.40. The Balaban J connectivity index is 1.90. The van der Waals surface area contributed by atoms with Gasteiger partial charge in [0.15, 0.2) is 11.5 Å². The molecule has 1 aliphatic heterocycles. The smallest absolute Gasteiger partial charge is 0.203 e. The average Bonchev–Trinajstić information content (AvgIpc) is 2.50. The lowest BCUT2D eigenvalue weighted by Crippen LogP contribution is -2.18. The Kier molecular flexibility index (Phi) is 5.55. The minimum Gasteiger partial charge on any atom is -0.502 e. The molecule has 0 fully saturated rings. The first-order chi connectivity index (χ1) is 9.85. The van der Waals surface area contributed by atoms with Gasteiger partial charge in [0, 0.05) is 6.54 Å². The Morgan fingerprint density at radius 3 is 3.00 bits per heavy atom. The Morgan fingerprint density at radius 1 is 1.35 bits per heavy atom. The zero-order valence-electron chi connectivity index (χ0n) is 11.8. The van der Waals surface area contributed by atoms with E-state index in [1.807, 2.05) is 12.1 Å². The summed E-state index contributed by atoms with van der Waals surface area (Å²) in [4.78, 5) is 0. The lowest BCUT2D eigenvalue weighted by atomic mass is 10.1. The second kappa shape index (κ2) is 7.65. The van der Waals surface area contributed by atoms with Crippen LogP contribution in [0.4, 0.5) is 0 Å². The minimum atomic E-state index is 0.560. The molecule has 0 radical (unpaired) electrons. The molecule has 0 saturated carbocycles. The van der Waals surface area contributed by atoms with Crippen molar-refractivity contribution in [2.75, 3.05) is 33.5 Å². The molecule has 1 N–H and O–H groups in total. The number of hydrogen-bond donors (Lipinski definition) is 1. The first-order valence-electron chi connectivity index (χ1n) is 6.75. The Labute approximate surface area is 119 Å². The number of ether oxygens (including phenoxy) is 4. The van der Waals surface area contributed by atoms with Crippen molar-refractivity contribution >= 4 is 0 Å². The van der Waals surface area contributed by atoms with E-state index in [-0.39, 0.29) is 0 Å². The summed E-state index contributed by atoms with van der Waals surface area (Å²) in [5.41, 5.74) is 1.11. The normalized spacial score (nSPS) is 12.8. The first kappa shape index (κ1) is 14.5. The van der Waals surface area contributed by atoms with Crippen molar-refractivity contribution in [3.05, 3.63) is 30.5 Å². The van der Waals surface area contributed by atoms with Gasteiger partial charge in [-0.15, -0.1) is 0 Å². The van der Waals surface area contributed by atoms with Crippen LogP contribution < -0.4 is 19.5 Å². The van der Waals surface area contributed by atoms with E-state index in [1.165, 1.54) is 6.26 Å². The molecule has 0 aromatic heterocycles. The molecule has 5 heteroatoms. The summed E-state index contributed by atoms with van der Waals surface area (Å²) in [6, 6.07) is 3.96. The first-order valence-corrected chi connectivity index (χ1v) is 6.75. The van der Waals surface area contributed by atoms with Crippen LogP contribution >= 0.6 is 0 Å². The summed E-state index contributed by atoms with van der Waals surface area (Å²) >= 11 is 0. The zero-order valence-corrected chi connectivity index (χ0v) is 11.8. The van der Waals surface area contributed by atoms with Crippen molar-refractivity contribution < 1.29 is 18.9 Å². The number of rotatable bonds is 8. The molecule has 0 bridgehead atoms. The highest BCUT2D eigenvalue weighted by Gasteiger charge is 2.18. The third-order valence-electron chi connectivity index (χ3n) is 2.95. The summed E-state index contributed by atoms with van der Waals surface area (Å²) < 4.78 is 21.6. The molecule has 0 aliphatic carbocycles. The van der Waals surface area contributed by atoms with Crippen LogP contribution in [0.25, 0.3) is 0 Å². The number of benzene rings is 1. The fourth-order valence-corrected chi connectivity index (χ4v) is 2.03. The number of hydrogen-bond acceptors (Lipinski definition) is 5. The number of methoxy groups -OCH3 is 1.